The molecule has 1 fully saturated rings. The van der Waals surface area contributed by atoms with Gasteiger partial charge in [0.15, 0.2) is 5.54 Å². The molecule has 1 aliphatic rings. The second kappa shape index (κ2) is 6.73. The Kier molecular flexibility index (Phi) is 5.68. The molecule has 0 aliphatic carbocycles. The predicted octanol–water partition coefficient (Wildman–Crippen LogP) is 3.28. The molecule has 0 aromatic rings. The number of alkyl halides is 1. The molecule has 6 heteroatoms. The minimum Gasteiger partial charge on any atom is -0.467 e. The van der Waals surface area contributed by atoms with Crippen molar-refractivity contribution in [2.24, 2.45) is 0 Å². The molecular formula is C16H24ClNO4. The minimum absolute atomic E-state index is 0.202. The first-order valence-electron chi connectivity index (χ1n) is 7.04. The maximum absolute atomic E-state index is 12.5. The van der Waals surface area contributed by atoms with Gasteiger partial charge in [0.25, 0.3) is 0 Å². The SMILES string of the molecule is C=C(CCl)CC1(C(=O)OC)CC(=C)CN1C(=O)OC(C)(C)C. The maximum atomic E-state index is 12.5. The minimum atomic E-state index is -1.18. The van der Waals surface area contributed by atoms with Crippen molar-refractivity contribution in [2.75, 3.05) is 19.5 Å². The fourth-order valence-corrected chi connectivity index (χ4v) is 2.65. The van der Waals surface area contributed by atoms with Gasteiger partial charge < -0.3 is 9.47 Å². The zero-order valence-corrected chi connectivity index (χ0v) is 14.5. The molecule has 0 aromatic heterocycles. The number of hydrogen-bond acceptors (Lipinski definition) is 4. The van der Waals surface area contributed by atoms with Crippen molar-refractivity contribution < 1.29 is 19.1 Å². The number of rotatable bonds is 4. The fourth-order valence-electron chi connectivity index (χ4n) is 2.56. The average molecular weight is 330 g/mol. The number of hydrogen-bond donors (Lipinski definition) is 0. The second-order valence-corrected chi connectivity index (χ2v) is 6.84. The van der Waals surface area contributed by atoms with Crippen molar-refractivity contribution in [3.8, 4) is 0 Å². The van der Waals surface area contributed by atoms with Crippen LogP contribution in [0.25, 0.3) is 0 Å². The quantitative estimate of drug-likeness (QED) is 0.451. The molecule has 0 spiro atoms. The Labute approximate surface area is 136 Å². The number of likely N-dealkylation sites (tertiary alicyclic amines) is 1. The summed E-state index contributed by atoms with van der Waals surface area (Å²) in [6, 6.07) is 0. The molecule has 22 heavy (non-hydrogen) atoms. The summed E-state index contributed by atoms with van der Waals surface area (Å²) >= 11 is 5.80. The first-order chi connectivity index (χ1) is 10.1. The number of carbonyl (C=O) groups excluding carboxylic acids is 2. The van der Waals surface area contributed by atoms with E-state index in [2.05, 4.69) is 13.2 Å². The van der Waals surface area contributed by atoms with Crippen molar-refractivity contribution in [1.82, 2.24) is 4.90 Å². The number of methoxy groups -OCH3 is 1. The number of amides is 1. The lowest BCUT2D eigenvalue weighted by Crippen LogP contribution is -2.55. The van der Waals surface area contributed by atoms with E-state index in [1.165, 1.54) is 12.0 Å². The molecule has 0 N–H and O–H groups in total. The van der Waals surface area contributed by atoms with Crippen LogP contribution in [0, 0.1) is 0 Å². The van der Waals surface area contributed by atoms with Gasteiger partial charge in [0.05, 0.1) is 7.11 Å². The Balaban J connectivity index is 3.19. The van der Waals surface area contributed by atoms with Gasteiger partial charge in [0.1, 0.15) is 5.60 Å². The van der Waals surface area contributed by atoms with Gasteiger partial charge >= 0.3 is 12.1 Å². The summed E-state index contributed by atoms with van der Waals surface area (Å²) in [6.07, 6.45) is -0.0325. The van der Waals surface area contributed by atoms with Crippen LogP contribution in [0.2, 0.25) is 0 Å². The third kappa shape index (κ3) is 4.03. The Hall–Kier alpha value is -1.49. The van der Waals surface area contributed by atoms with Gasteiger partial charge in [-0.15, -0.1) is 11.6 Å². The molecular weight excluding hydrogens is 306 g/mol. The van der Waals surface area contributed by atoms with Crippen LogP contribution in [-0.4, -0.2) is 47.6 Å². The zero-order valence-electron chi connectivity index (χ0n) is 13.7. The van der Waals surface area contributed by atoms with Crippen LogP contribution in [0.15, 0.2) is 24.3 Å². The number of esters is 1. The molecule has 1 rings (SSSR count). The molecule has 5 nitrogen and oxygen atoms in total. The second-order valence-electron chi connectivity index (χ2n) is 6.58. The fraction of sp³-hybridized carbons (Fsp3) is 0.625. The van der Waals surface area contributed by atoms with E-state index in [9.17, 15) is 9.59 Å². The third-order valence-electron chi connectivity index (χ3n) is 3.35. The van der Waals surface area contributed by atoms with E-state index in [0.717, 1.165) is 5.57 Å². The van der Waals surface area contributed by atoms with Gasteiger partial charge in [-0.1, -0.05) is 24.3 Å². The Morgan fingerprint density at radius 3 is 2.45 bits per heavy atom. The highest BCUT2D eigenvalue weighted by atomic mass is 35.5. The van der Waals surface area contributed by atoms with E-state index in [1.807, 2.05) is 0 Å². The van der Waals surface area contributed by atoms with Crippen LogP contribution in [0.1, 0.15) is 33.6 Å². The Morgan fingerprint density at radius 1 is 1.41 bits per heavy atom. The highest BCUT2D eigenvalue weighted by molar-refractivity contribution is 6.19. The Bertz CT molecular complexity index is 495. The highest BCUT2D eigenvalue weighted by Crippen LogP contribution is 2.39. The lowest BCUT2D eigenvalue weighted by atomic mass is 9.88. The first kappa shape index (κ1) is 18.6. The summed E-state index contributed by atoms with van der Waals surface area (Å²) in [5, 5.41) is 0. The first-order valence-corrected chi connectivity index (χ1v) is 7.57. The standard InChI is InChI=1S/C16H24ClNO4/c1-11(9-17)7-16(13(19)21-6)8-12(2)10-18(16)14(20)22-15(3,4)5/h1-2,7-10H2,3-6H3. The maximum Gasteiger partial charge on any atom is 0.411 e. The van der Waals surface area contributed by atoms with E-state index in [-0.39, 0.29) is 18.8 Å². The molecule has 0 radical (unpaired) electrons. The Morgan fingerprint density at radius 2 is 2.00 bits per heavy atom. The van der Waals surface area contributed by atoms with Gasteiger partial charge in [0, 0.05) is 25.3 Å². The van der Waals surface area contributed by atoms with Crippen LogP contribution in [0.5, 0.6) is 0 Å². The van der Waals surface area contributed by atoms with E-state index in [4.69, 9.17) is 21.1 Å². The monoisotopic (exact) mass is 329 g/mol. The number of halogens is 1. The van der Waals surface area contributed by atoms with Crippen LogP contribution in [0.3, 0.4) is 0 Å². The van der Waals surface area contributed by atoms with Gasteiger partial charge in [0.2, 0.25) is 0 Å². The van der Waals surface area contributed by atoms with Crippen LogP contribution < -0.4 is 0 Å². The van der Waals surface area contributed by atoms with Crippen LogP contribution in [0.4, 0.5) is 4.79 Å². The number of carbonyl (C=O) groups is 2. The summed E-state index contributed by atoms with van der Waals surface area (Å²) in [4.78, 5) is 26.3. The summed E-state index contributed by atoms with van der Waals surface area (Å²) in [5.41, 5.74) is -0.430. The molecule has 1 atom stereocenters. The molecule has 0 saturated carbocycles. The molecule has 0 bridgehead atoms. The van der Waals surface area contributed by atoms with Crippen LogP contribution in [-0.2, 0) is 14.3 Å². The predicted molar refractivity (Wildman–Crippen MR) is 85.9 cm³/mol. The zero-order chi connectivity index (χ0) is 17.1. The van der Waals surface area contributed by atoms with Crippen molar-refractivity contribution in [1.29, 1.82) is 0 Å². The van der Waals surface area contributed by atoms with Gasteiger partial charge in [-0.2, -0.15) is 0 Å². The van der Waals surface area contributed by atoms with E-state index < -0.39 is 23.2 Å². The third-order valence-corrected chi connectivity index (χ3v) is 3.73. The summed E-state index contributed by atoms with van der Waals surface area (Å²) < 4.78 is 10.3. The summed E-state index contributed by atoms with van der Waals surface area (Å²) in [6.45, 7) is 13.3. The molecule has 1 unspecified atom stereocenters. The topological polar surface area (TPSA) is 55.8 Å². The smallest absolute Gasteiger partial charge is 0.411 e. The number of nitrogens with zero attached hydrogens (tertiary/aromatic N) is 1. The van der Waals surface area contributed by atoms with Gasteiger partial charge in [-0.05, 0) is 20.8 Å². The molecule has 0 aromatic carbocycles. The van der Waals surface area contributed by atoms with Crippen molar-refractivity contribution in [3.05, 3.63) is 24.3 Å². The number of ether oxygens (including phenoxy) is 2. The normalized spacial score (nSPS) is 21.7. The van der Waals surface area contributed by atoms with Crippen molar-refractivity contribution >= 4 is 23.7 Å². The summed E-state index contributed by atoms with van der Waals surface area (Å²) in [7, 11) is 1.29. The molecule has 1 amide bonds. The molecule has 1 saturated heterocycles. The lowest BCUT2D eigenvalue weighted by Gasteiger charge is -2.36. The van der Waals surface area contributed by atoms with E-state index in [0.29, 0.717) is 12.0 Å². The lowest BCUT2D eigenvalue weighted by molar-refractivity contribution is -0.153. The van der Waals surface area contributed by atoms with Crippen LogP contribution >= 0.6 is 11.6 Å². The molecule has 1 aliphatic heterocycles. The van der Waals surface area contributed by atoms with Crippen molar-refractivity contribution in [3.63, 3.8) is 0 Å². The van der Waals surface area contributed by atoms with Gasteiger partial charge in [-0.25, -0.2) is 9.59 Å². The summed E-state index contributed by atoms with van der Waals surface area (Å²) in [5.74, 6) is -0.309. The van der Waals surface area contributed by atoms with Gasteiger partial charge in [-0.3, -0.25) is 4.90 Å². The average Bonchev–Trinajstić information content (AvgIpc) is 2.73. The molecule has 1 heterocycles. The van der Waals surface area contributed by atoms with E-state index >= 15 is 0 Å². The van der Waals surface area contributed by atoms with E-state index in [1.54, 1.807) is 20.8 Å². The largest absolute Gasteiger partial charge is 0.467 e. The molecule has 124 valence electrons. The highest BCUT2D eigenvalue weighted by Gasteiger charge is 2.53. The van der Waals surface area contributed by atoms with Crippen molar-refractivity contribution in [2.45, 2.75) is 44.8 Å².